The van der Waals surface area contributed by atoms with E-state index in [1.807, 2.05) is 6.20 Å². The fraction of sp³-hybridized carbons (Fsp3) is 0.182. The van der Waals surface area contributed by atoms with Crippen molar-refractivity contribution in [3.63, 3.8) is 0 Å². The molecule has 0 saturated carbocycles. The van der Waals surface area contributed by atoms with Crippen molar-refractivity contribution in [1.82, 2.24) is 9.78 Å². The SMILES string of the molecule is Fc1ccc(Cn2cc(CCl)cn2)cc1Br. The monoisotopic (exact) mass is 302 g/mol. The van der Waals surface area contributed by atoms with Crippen LogP contribution in [-0.2, 0) is 12.4 Å². The first kappa shape index (κ1) is 11.6. The Kier molecular flexibility index (Phi) is 3.61. The van der Waals surface area contributed by atoms with E-state index in [9.17, 15) is 4.39 Å². The Morgan fingerprint density at radius 2 is 2.19 bits per heavy atom. The lowest BCUT2D eigenvalue weighted by atomic mass is 10.2. The predicted octanol–water partition coefficient (Wildman–Crippen LogP) is 3.57. The van der Waals surface area contributed by atoms with Crippen molar-refractivity contribution in [1.29, 1.82) is 0 Å². The minimum Gasteiger partial charge on any atom is -0.268 e. The standard InChI is InChI=1S/C11H9BrClFN2/c12-10-3-8(1-2-11(10)14)6-16-7-9(4-13)5-15-16/h1-3,5,7H,4,6H2. The molecule has 0 amide bonds. The number of alkyl halides is 1. The second kappa shape index (κ2) is 4.97. The zero-order valence-corrected chi connectivity index (χ0v) is 10.7. The lowest BCUT2D eigenvalue weighted by molar-refractivity contribution is 0.617. The van der Waals surface area contributed by atoms with Crippen LogP contribution in [0.2, 0.25) is 0 Å². The second-order valence-electron chi connectivity index (χ2n) is 3.43. The molecule has 84 valence electrons. The molecular weight excluding hydrogens is 294 g/mol. The summed E-state index contributed by atoms with van der Waals surface area (Å²) in [6.07, 6.45) is 3.61. The highest BCUT2D eigenvalue weighted by Gasteiger charge is 2.02. The molecule has 5 heteroatoms. The molecule has 0 aliphatic heterocycles. The summed E-state index contributed by atoms with van der Waals surface area (Å²) < 4.78 is 15.3. The Labute approximate surface area is 106 Å². The number of hydrogen-bond acceptors (Lipinski definition) is 1. The highest BCUT2D eigenvalue weighted by atomic mass is 79.9. The number of rotatable bonds is 3. The van der Waals surface area contributed by atoms with Crippen molar-refractivity contribution in [2.75, 3.05) is 0 Å². The summed E-state index contributed by atoms with van der Waals surface area (Å²) in [6, 6.07) is 4.92. The molecule has 0 radical (unpaired) electrons. The van der Waals surface area contributed by atoms with E-state index in [1.165, 1.54) is 6.07 Å². The van der Waals surface area contributed by atoms with Gasteiger partial charge >= 0.3 is 0 Å². The summed E-state index contributed by atoms with van der Waals surface area (Å²) in [6.45, 7) is 0.607. The lowest BCUT2D eigenvalue weighted by Crippen LogP contribution is -2.00. The number of benzene rings is 1. The predicted molar refractivity (Wildman–Crippen MR) is 65.0 cm³/mol. The van der Waals surface area contributed by atoms with E-state index < -0.39 is 0 Å². The van der Waals surface area contributed by atoms with E-state index in [-0.39, 0.29) is 5.82 Å². The van der Waals surface area contributed by atoms with Crippen molar-refractivity contribution >= 4 is 27.5 Å². The van der Waals surface area contributed by atoms with E-state index >= 15 is 0 Å². The van der Waals surface area contributed by atoms with Gasteiger partial charge in [-0.15, -0.1) is 11.6 Å². The van der Waals surface area contributed by atoms with Gasteiger partial charge < -0.3 is 0 Å². The zero-order valence-electron chi connectivity index (χ0n) is 8.33. The molecule has 0 N–H and O–H groups in total. The molecule has 0 aliphatic carbocycles. The van der Waals surface area contributed by atoms with Crippen molar-refractivity contribution in [3.05, 3.63) is 52.0 Å². The van der Waals surface area contributed by atoms with E-state index in [2.05, 4.69) is 21.0 Å². The van der Waals surface area contributed by atoms with Gasteiger partial charge in [-0.3, -0.25) is 4.68 Å². The first-order valence-corrected chi connectivity index (χ1v) is 6.03. The topological polar surface area (TPSA) is 17.8 Å². The lowest BCUT2D eigenvalue weighted by Gasteiger charge is -2.03. The first-order valence-electron chi connectivity index (χ1n) is 4.70. The minimum absolute atomic E-state index is 0.259. The molecule has 1 heterocycles. The normalized spacial score (nSPS) is 10.7. The van der Waals surface area contributed by atoms with Crippen LogP contribution in [0.1, 0.15) is 11.1 Å². The van der Waals surface area contributed by atoms with Crippen LogP contribution in [0, 0.1) is 5.82 Å². The minimum atomic E-state index is -0.259. The van der Waals surface area contributed by atoms with Gasteiger partial charge in [0.2, 0.25) is 0 Å². The molecule has 0 aliphatic rings. The maximum atomic E-state index is 13.0. The molecule has 0 atom stereocenters. The molecule has 1 aromatic heterocycles. The van der Waals surface area contributed by atoms with Gasteiger partial charge in [-0.25, -0.2) is 4.39 Å². The Balaban J connectivity index is 2.17. The Bertz CT molecular complexity index is 498. The molecule has 0 unspecified atom stereocenters. The third kappa shape index (κ3) is 2.62. The summed E-state index contributed by atoms with van der Waals surface area (Å²) in [5, 5.41) is 4.16. The number of aromatic nitrogens is 2. The second-order valence-corrected chi connectivity index (χ2v) is 4.55. The van der Waals surface area contributed by atoms with Crippen molar-refractivity contribution in [2.45, 2.75) is 12.4 Å². The maximum Gasteiger partial charge on any atom is 0.137 e. The largest absolute Gasteiger partial charge is 0.268 e. The molecule has 0 spiro atoms. The van der Waals surface area contributed by atoms with Crippen molar-refractivity contribution in [2.24, 2.45) is 0 Å². The summed E-state index contributed by atoms with van der Waals surface area (Å²) in [7, 11) is 0. The quantitative estimate of drug-likeness (QED) is 0.793. The summed E-state index contributed by atoms with van der Waals surface area (Å²) in [5.74, 6) is 0.193. The zero-order chi connectivity index (χ0) is 11.5. The van der Waals surface area contributed by atoms with Gasteiger partial charge in [-0.2, -0.15) is 5.10 Å². The van der Waals surface area contributed by atoms with Crippen LogP contribution >= 0.6 is 27.5 Å². The average Bonchev–Trinajstić information content (AvgIpc) is 2.71. The third-order valence-corrected chi connectivity index (χ3v) is 3.09. The van der Waals surface area contributed by atoms with Crippen molar-refractivity contribution < 1.29 is 4.39 Å². The van der Waals surface area contributed by atoms with Gasteiger partial charge in [-0.05, 0) is 33.6 Å². The fourth-order valence-corrected chi connectivity index (χ4v) is 1.95. The smallest absolute Gasteiger partial charge is 0.137 e. The molecule has 2 aromatic rings. The Morgan fingerprint density at radius 1 is 1.38 bits per heavy atom. The molecule has 2 nitrogen and oxygen atoms in total. The highest BCUT2D eigenvalue weighted by molar-refractivity contribution is 9.10. The summed E-state index contributed by atoms with van der Waals surface area (Å²) >= 11 is 8.83. The van der Waals surface area contributed by atoms with Crippen LogP contribution in [-0.4, -0.2) is 9.78 Å². The van der Waals surface area contributed by atoms with Gasteiger partial charge in [0.25, 0.3) is 0 Å². The van der Waals surface area contributed by atoms with E-state index in [0.29, 0.717) is 16.9 Å². The van der Waals surface area contributed by atoms with E-state index in [0.717, 1.165) is 11.1 Å². The van der Waals surface area contributed by atoms with Gasteiger partial charge in [0.1, 0.15) is 5.82 Å². The molecular formula is C11H9BrClFN2. The van der Waals surface area contributed by atoms with Gasteiger partial charge in [0.05, 0.1) is 23.1 Å². The van der Waals surface area contributed by atoms with Gasteiger partial charge in [-0.1, -0.05) is 6.07 Å². The van der Waals surface area contributed by atoms with Crippen LogP contribution in [0.4, 0.5) is 4.39 Å². The van der Waals surface area contributed by atoms with Crippen LogP contribution in [0.15, 0.2) is 35.1 Å². The van der Waals surface area contributed by atoms with Crippen LogP contribution in [0.25, 0.3) is 0 Å². The maximum absolute atomic E-state index is 13.0. The van der Waals surface area contributed by atoms with Crippen LogP contribution < -0.4 is 0 Å². The number of nitrogens with zero attached hydrogens (tertiary/aromatic N) is 2. The Hall–Kier alpha value is -0.870. The molecule has 1 aromatic carbocycles. The number of halogens is 3. The summed E-state index contributed by atoms with van der Waals surface area (Å²) in [5.41, 5.74) is 1.96. The first-order chi connectivity index (χ1) is 7.69. The van der Waals surface area contributed by atoms with E-state index in [1.54, 1.807) is 23.0 Å². The molecule has 0 saturated heterocycles. The summed E-state index contributed by atoms with van der Waals surface area (Å²) in [4.78, 5) is 0. The van der Waals surface area contributed by atoms with Crippen LogP contribution in [0.3, 0.4) is 0 Å². The van der Waals surface area contributed by atoms with E-state index in [4.69, 9.17) is 11.6 Å². The fourth-order valence-electron chi connectivity index (χ4n) is 1.39. The highest BCUT2D eigenvalue weighted by Crippen LogP contribution is 2.17. The van der Waals surface area contributed by atoms with Crippen molar-refractivity contribution in [3.8, 4) is 0 Å². The van der Waals surface area contributed by atoms with Gasteiger partial charge in [0.15, 0.2) is 0 Å². The molecule has 0 fully saturated rings. The number of hydrogen-bond donors (Lipinski definition) is 0. The van der Waals surface area contributed by atoms with Crippen LogP contribution in [0.5, 0.6) is 0 Å². The third-order valence-electron chi connectivity index (χ3n) is 2.17. The molecule has 16 heavy (non-hydrogen) atoms. The molecule has 0 bridgehead atoms. The molecule has 2 rings (SSSR count). The van der Waals surface area contributed by atoms with Gasteiger partial charge in [0, 0.05) is 11.8 Å². The average molecular weight is 304 g/mol. The Morgan fingerprint density at radius 3 is 2.81 bits per heavy atom.